The van der Waals surface area contributed by atoms with Crippen molar-refractivity contribution in [2.45, 2.75) is 36.5 Å². The van der Waals surface area contributed by atoms with Crippen molar-refractivity contribution in [1.29, 1.82) is 5.26 Å². The van der Waals surface area contributed by atoms with Crippen molar-refractivity contribution in [1.82, 2.24) is 9.97 Å². The Bertz CT molecular complexity index is 928. The van der Waals surface area contributed by atoms with Gasteiger partial charge in [0.25, 0.3) is 0 Å². The first-order chi connectivity index (χ1) is 12.3. The van der Waals surface area contributed by atoms with Gasteiger partial charge in [0, 0.05) is 17.0 Å². The van der Waals surface area contributed by atoms with E-state index in [9.17, 15) is 5.26 Å². The topological polar surface area (TPSA) is 62.7 Å². The van der Waals surface area contributed by atoms with Crippen molar-refractivity contribution >= 4 is 11.8 Å². The van der Waals surface area contributed by atoms with Crippen molar-refractivity contribution in [3.8, 4) is 17.5 Å². The summed E-state index contributed by atoms with van der Waals surface area (Å²) in [6.45, 7) is 0. The molecule has 0 aliphatic heterocycles. The number of pyridine rings is 1. The summed E-state index contributed by atoms with van der Waals surface area (Å²) in [5, 5.41) is 10.2. The normalized spacial score (nSPS) is 13.2. The maximum atomic E-state index is 9.43. The Kier molecular flexibility index (Phi) is 4.53. The molecule has 0 unspecified atom stereocenters. The van der Waals surface area contributed by atoms with E-state index in [-0.39, 0.29) is 0 Å². The van der Waals surface area contributed by atoms with Gasteiger partial charge in [-0.05, 0) is 49.4 Å². The number of aromatic nitrogens is 2. The molecule has 1 aliphatic carbocycles. The van der Waals surface area contributed by atoms with Crippen molar-refractivity contribution in [2.24, 2.45) is 0 Å². The number of fused-ring (bicyclic) bond motifs is 1. The van der Waals surface area contributed by atoms with E-state index in [0.29, 0.717) is 17.2 Å². The van der Waals surface area contributed by atoms with Gasteiger partial charge in [-0.2, -0.15) is 5.26 Å². The highest BCUT2D eigenvalue weighted by Gasteiger charge is 2.16. The van der Waals surface area contributed by atoms with Gasteiger partial charge in [-0.25, -0.2) is 9.97 Å². The van der Waals surface area contributed by atoms with Crippen LogP contribution in [0.25, 0.3) is 11.5 Å². The van der Waals surface area contributed by atoms with Crippen molar-refractivity contribution < 1.29 is 4.42 Å². The molecule has 2 aromatic heterocycles. The lowest BCUT2D eigenvalue weighted by Crippen LogP contribution is -2.07. The van der Waals surface area contributed by atoms with Crippen LogP contribution in [0.1, 0.15) is 35.4 Å². The molecule has 2 heterocycles. The number of hydrogen-bond donors (Lipinski definition) is 0. The first-order valence-electron chi connectivity index (χ1n) is 8.39. The zero-order valence-corrected chi connectivity index (χ0v) is 14.6. The number of hydrogen-bond acceptors (Lipinski definition) is 5. The largest absolute Gasteiger partial charge is 0.444 e. The fourth-order valence-corrected chi connectivity index (χ4v) is 3.89. The Hall–Kier alpha value is -2.58. The summed E-state index contributed by atoms with van der Waals surface area (Å²) >= 11 is 1.55. The summed E-state index contributed by atoms with van der Waals surface area (Å²) in [4.78, 5) is 9.29. The molecular formula is C20H17N3OS. The summed E-state index contributed by atoms with van der Waals surface area (Å²) in [5.74, 6) is 1.26. The average Bonchev–Trinajstić information content (AvgIpc) is 3.15. The molecule has 3 aromatic rings. The molecule has 0 saturated heterocycles. The molecule has 124 valence electrons. The number of oxazole rings is 1. The van der Waals surface area contributed by atoms with Crippen LogP contribution < -0.4 is 0 Å². The third-order valence-corrected chi connectivity index (χ3v) is 5.34. The van der Waals surface area contributed by atoms with Gasteiger partial charge in [0.15, 0.2) is 0 Å². The van der Waals surface area contributed by atoms with Gasteiger partial charge in [-0.15, -0.1) is 0 Å². The fourth-order valence-electron chi connectivity index (χ4n) is 3.03. The van der Waals surface area contributed by atoms with Crippen LogP contribution in [0.3, 0.4) is 0 Å². The number of rotatable bonds is 4. The number of nitriles is 1. The van der Waals surface area contributed by atoms with Gasteiger partial charge >= 0.3 is 0 Å². The maximum Gasteiger partial charge on any atom is 0.226 e. The number of aryl methyl sites for hydroxylation is 2. The van der Waals surface area contributed by atoms with Crippen LogP contribution in [-0.4, -0.2) is 9.97 Å². The predicted molar refractivity (Wildman–Crippen MR) is 97.1 cm³/mol. The minimum atomic E-state index is 0.620. The predicted octanol–water partition coefficient (Wildman–Crippen LogP) is 4.78. The SMILES string of the molecule is N#Cc1cc2c(nc1SCc1coc(-c3ccccc3)n1)CCCC2. The molecule has 5 heteroatoms. The van der Waals surface area contributed by atoms with Crippen molar-refractivity contribution in [2.75, 3.05) is 0 Å². The summed E-state index contributed by atoms with van der Waals surface area (Å²) < 4.78 is 5.58. The highest BCUT2D eigenvalue weighted by molar-refractivity contribution is 7.98. The molecule has 0 spiro atoms. The Morgan fingerprint density at radius 1 is 1.12 bits per heavy atom. The highest BCUT2D eigenvalue weighted by Crippen LogP contribution is 2.29. The Morgan fingerprint density at radius 3 is 2.80 bits per heavy atom. The van der Waals surface area contributed by atoms with E-state index in [2.05, 4.69) is 11.1 Å². The average molecular weight is 347 g/mol. The maximum absolute atomic E-state index is 9.43. The smallest absolute Gasteiger partial charge is 0.226 e. The molecular weight excluding hydrogens is 330 g/mol. The van der Waals surface area contributed by atoms with E-state index in [1.165, 1.54) is 18.4 Å². The highest BCUT2D eigenvalue weighted by atomic mass is 32.2. The van der Waals surface area contributed by atoms with Crippen molar-refractivity contribution in [3.63, 3.8) is 0 Å². The second-order valence-corrected chi connectivity index (χ2v) is 7.03. The van der Waals surface area contributed by atoms with E-state index in [1.807, 2.05) is 36.4 Å². The van der Waals surface area contributed by atoms with E-state index < -0.39 is 0 Å². The van der Waals surface area contributed by atoms with E-state index >= 15 is 0 Å². The minimum Gasteiger partial charge on any atom is -0.444 e. The molecule has 4 rings (SSSR count). The molecule has 0 fully saturated rings. The van der Waals surface area contributed by atoms with Crippen LogP contribution in [0.4, 0.5) is 0 Å². The van der Waals surface area contributed by atoms with Gasteiger partial charge in [0.1, 0.15) is 17.4 Å². The van der Waals surface area contributed by atoms with Crippen LogP contribution in [0.15, 0.2) is 52.1 Å². The zero-order chi connectivity index (χ0) is 17.1. The van der Waals surface area contributed by atoms with Crippen LogP contribution in [0.2, 0.25) is 0 Å². The summed E-state index contributed by atoms with van der Waals surface area (Å²) in [5.41, 5.74) is 4.87. The number of benzene rings is 1. The third-order valence-electron chi connectivity index (χ3n) is 4.32. The quantitative estimate of drug-likeness (QED) is 0.636. The Morgan fingerprint density at radius 2 is 1.96 bits per heavy atom. The van der Waals surface area contributed by atoms with E-state index in [4.69, 9.17) is 9.40 Å². The van der Waals surface area contributed by atoms with Gasteiger partial charge < -0.3 is 4.42 Å². The molecule has 25 heavy (non-hydrogen) atoms. The fraction of sp³-hybridized carbons (Fsp3) is 0.250. The van der Waals surface area contributed by atoms with Gasteiger partial charge in [-0.1, -0.05) is 30.0 Å². The number of nitrogens with zero attached hydrogens (tertiary/aromatic N) is 3. The molecule has 0 N–H and O–H groups in total. The second kappa shape index (κ2) is 7.12. The summed E-state index contributed by atoms with van der Waals surface area (Å²) in [6, 6.07) is 14.1. The van der Waals surface area contributed by atoms with Gasteiger partial charge in [0.2, 0.25) is 5.89 Å². The van der Waals surface area contributed by atoms with Gasteiger partial charge in [-0.3, -0.25) is 0 Å². The van der Waals surface area contributed by atoms with Gasteiger partial charge in [0.05, 0.1) is 11.3 Å². The summed E-state index contributed by atoms with van der Waals surface area (Å²) in [7, 11) is 0. The Balaban J connectivity index is 1.52. The van der Waals surface area contributed by atoms with E-state index in [0.717, 1.165) is 34.8 Å². The molecule has 0 radical (unpaired) electrons. The van der Waals surface area contributed by atoms with Crippen LogP contribution in [0.5, 0.6) is 0 Å². The standard InChI is InChI=1S/C20H17N3OS/c21-11-16-10-15-8-4-5-9-18(15)23-20(16)25-13-17-12-24-19(22-17)14-6-2-1-3-7-14/h1-3,6-7,10,12H,4-5,8-9,13H2. The molecule has 4 nitrogen and oxygen atoms in total. The van der Waals surface area contributed by atoms with Crippen LogP contribution in [0, 0.1) is 11.3 Å². The lowest BCUT2D eigenvalue weighted by atomic mass is 9.95. The lowest BCUT2D eigenvalue weighted by Gasteiger charge is -2.16. The second-order valence-electron chi connectivity index (χ2n) is 6.06. The van der Waals surface area contributed by atoms with E-state index in [1.54, 1.807) is 18.0 Å². The van der Waals surface area contributed by atoms with Crippen LogP contribution in [-0.2, 0) is 18.6 Å². The van der Waals surface area contributed by atoms with Crippen molar-refractivity contribution in [3.05, 3.63) is 65.2 Å². The third kappa shape index (κ3) is 3.45. The number of thioether (sulfide) groups is 1. The first kappa shape index (κ1) is 15.9. The molecule has 0 atom stereocenters. The minimum absolute atomic E-state index is 0.620. The first-order valence-corrected chi connectivity index (χ1v) is 9.37. The molecule has 0 saturated carbocycles. The molecule has 1 aromatic carbocycles. The molecule has 1 aliphatic rings. The molecule has 0 amide bonds. The monoisotopic (exact) mass is 347 g/mol. The van der Waals surface area contributed by atoms with Crippen LogP contribution >= 0.6 is 11.8 Å². The Labute approximate surface area is 150 Å². The zero-order valence-electron chi connectivity index (χ0n) is 13.7. The lowest BCUT2D eigenvalue weighted by molar-refractivity contribution is 0.573. The summed E-state index contributed by atoms with van der Waals surface area (Å²) in [6.07, 6.45) is 6.09. The molecule has 0 bridgehead atoms.